The minimum absolute atomic E-state index is 0.140. The molecule has 0 N–H and O–H groups in total. The summed E-state index contributed by atoms with van der Waals surface area (Å²) in [7, 11) is 1.46. The van der Waals surface area contributed by atoms with Crippen molar-refractivity contribution in [2.75, 3.05) is 7.11 Å². The molecule has 0 saturated heterocycles. The number of ether oxygens (including phenoxy) is 1. The first-order chi connectivity index (χ1) is 6.06. The van der Waals surface area contributed by atoms with Gasteiger partial charge in [0, 0.05) is 6.07 Å². The Morgan fingerprint density at radius 1 is 1.46 bits per heavy atom. The second kappa shape index (κ2) is 3.56. The molecule has 13 heavy (non-hydrogen) atoms. The van der Waals surface area contributed by atoms with Crippen LogP contribution in [0.15, 0.2) is 12.1 Å². The zero-order valence-electron chi connectivity index (χ0n) is 7.85. The Balaban J connectivity index is 3.31. The van der Waals surface area contributed by atoms with Gasteiger partial charge in [0.1, 0.15) is 11.6 Å². The highest BCUT2D eigenvalue weighted by atomic mass is 19.1. The Morgan fingerprint density at radius 3 is 2.46 bits per heavy atom. The van der Waals surface area contributed by atoms with Gasteiger partial charge in [-0.25, -0.2) is 4.39 Å². The molecule has 0 fully saturated rings. The molecule has 1 aromatic carbocycles. The molecule has 0 aromatic heterocycles. The summed E-state index contributed by atoms with van der Waals surface area (Å²) in [6, 6.07) is 2.85. The molecule has 0 aliphatic rings. The lowest BCUT2D eigenvalue weighted by molar-refractivity contribution is 0.101. The number of benzene rings is 1. The van der Waals surface area contributed by atoms with Crippen LogP contribution >= 0.6 is 0 Å². The Kier molecular flexibility index (Phi) is 2.66. The fourth-order valence-corrected chi connectivity index (χ4v) is 1.28. The summed E-state index contributed by atoms with van der Waals surface area (Å²) in [6.07, 6.45) is 0. The van der Waals surface area contributed by atoms with Crippen molar-refractivity contribution in [2.24, 2.45) is 0 Å². The summed E-state index contributed by atoms with van der Waals surface area (Å²) in [5.41, 5.74) is 0.741. The van der Waals surface area contributed by atoms with E-state index in [1.165, 1.54) is 20.1 Å². The summed E-state index contributed by atoms with van der Waals surface area (Å²) < 4.78 is 18.1. The molecule has 0 unspecified atom stereocenters. The molecule has 1 rings (SSSR count). The number of Topliss-reactive ketones (excluding diaryl/α,β-unsaturated/α-hetero) is 1. The third-order valence-corrected chi connectivity index (χ3v) is 1.85. The highest BCUT2D eigenvalue weighted by molar-refractivity contribution is 5.95. The SMILES string of the molecule is COc1cc(C)c(C(C)=O)c(F)c1. The van der Waals surface area contributed by atoms with Crippen molar-refractivity contribution in [1.82, 2.24) is 0 Å². The minimum atomic E-state index is -0.524. The molecule has 3 heteroatoms. The second-order valence-electron chi connectivity index (χ2n) is 2.86. The molecule has 0 radical (unpaired) electrons. The van der Waals surface area contributed by atoms with Crippen molar-refractivity contribution in [2.45, 2.75) is 13.8 Å². The molecule has 0 aliphatic carbocycles. The van der Waals surface area contributed by atoms with Gasteiger partial charge in [0.2, 0.25) is 0 Å². The van der Waals surface area contributed by atoms with Crippen LogP contribution in [-0.2, 0) is 0 Å². The van der Waals surface area contributed by atoms with Gasteiger partial charge < -0.3 is 4.74 Å². The van der Waals surface area contributed by atoms with Crippen molar-refractivity contribution in [1.29, 1.82) is 0 Å². The van der Waals surface area contributed by atoms with E-state index < -0.39 is 5.82 Å². The lowest BCUT2D eigenvalue weighted by Gasteiger charge is -2.06. The molecule has 70 valence electrons. The van der Waals surface area contributed by atoms with Gasteiger partial charge in [0.25, 0.3) is 0 Å². The highest BCUT2D eigenvalue weighted by Crippen LogP contribution is 2.21. The van der Waals surface area contributed by atoms with Crippen LogP contribution in [0.1, 0.15) is 22.8 Å². The fraction of sp³-hybridized carbons (Fsp3) is 0.300. The van der Waals surface area contributed by atoms with E-state index in [1.54, 1.807) is 13.0 Å². The van der Waals surface area contributed by atoms with Crippen LogP contribution in [0.25, 0.3) is 0 Å². The average molecular weight is 182 g/mol. The largest absolute Gasteiger partial charge is 0.497 e. The van der Waals surface area contributed by atoms with E-state index in [4.69, 9.17) is 4.74 Å². The predicted octanol–water partition coefficient (Wildman–Crippen LogP) is 2.35. The molecule has 0 spiro atoms. The lowest BCUT2D eigenvalue weighted by Crippen LogP contribution is -2.01. The number of carbonyl (C=O) groups excluding carboxylic acids is 1. The van der Waals surface area contributed by atoms with Gasteiger partial charge in [-0.2, -0.15) is 0 Å². The highest BCUT2D eigenvalue weighted by Gasteiger charge is 2.11. The van der Waals surface area contributed by atoms with Crippen molar-refractivity contribution in [3.8, 4) is 5.75 Å². The molecular weight excluding hydrogens is 171 g/mol. The first-order valence-corrected chi connectivity index (χ1v) is 3.91. The first-order valence-electron chi connectivity index (χ1n) is 3.91. The smallest absolute Gasteiger partial charge is 0.163 e. The van der Waals surface area contributed by atoms with Crippen LogP contribution in [0.2, 0.25) is 0 Å². The molecule has 1 aromatic rings. The summed E-state index contributed by atoms with van der Waals surface area (Å²) in [5.74, 6) is -0.359. The van der Waals surface area contributed by atoms with Crippen LogP contribution in [0, 0.1) is 12.7 Å². The minimum Gasteiger partial charge on any atom is -0.497 e. The van der Waals surface area contributed by atoms with Gasteiger partial charge in [0.15, 0.2) is 5.78 Å². The van der Waals surface area contributed by atoms with Gasteiger partial charge in [-0.15, -0.1) is 0 Å². The lowest BCUT2D eigenvalue weighted by atomic mass is 10.0. The van der Waals surface area contributed by atoms with E-state index in [0.717, 1.165) is 0 Å². The summed E-state index contributed by atoms with van der Waals surface area (Å²) >= 11 is 0. The first kappa shape index (κ1) is 9.71. The standard InChI is InChI=1S/C10H11FO2/c1-6-4-8(13-3)5-9(11)10(6)7(2)12/h4-5H,1-3H3. The number of hydrogen-bond donors (Lipinski definition) is 0. The maximum absolute atomic E-state index is 13.2. The van der Waals surface area contributed by atoms with Crippen LogP contribution in [0.5, 0.6) is 5.75 Å². The Labute approximate surface area is 76.3 Å². The zero-order chi connectivity index (χ0) is 10.0. The van der Waals surface area contributed by atoms with E-state index >= 15 is 0 Å². The van der Waals surface area contributed by atoms with Crippen LogP contribution in [0.4, 0.5) is 4.39 Å². The summed E-state index contributed by atoms with van der Waals surface area (Å²) in [4.78, 5) is 11.0. The topological polar surface area (TPSA) is 26.3 Å². The maximum Gasteiger partial charge on any atom is 0.163 e. The van der Waals surface area contributed by atoms with Crippen LogP contribution in [0.3, 0.4) is 0 Å². The van der Waals surface area contributed by atoms with Crippen molar-refractivity contribution in [3.05, 3.63) is 29.1 Å². The number of carbonyl (C=O) groups is 1. The molecule has 0 bridgehead atoms. The van der Waals surface area contributed by atoms with Crippen molar-refractivity contribution in [3.63, 3.8) is 0 Å². The van der Waals surface area contributed by atoms with E-state index in [2.05, 4.69) is 0 Å². The van der Waals surface area contributed by atoms with Gasteiger partial charge >= 0.3 is 0 Å². The van der Waals surface area contributed by atoms with Crippen LogP contribution in [-0.4, -0.2) is 12.9 Å². The summed E-state index contributed by atoms with van der Waals surface area (Å²) in [6.45, 7) is 3.03. The Morgan fingerprint density at radius 2 is 2.08 bits per heavy atom. The Bertz CT molecular complexity index is 322. The van der Waals surface area contributed by atoms with Gasteiger partial charge in [0.05, 0.1) is 12.7 Å². The average Bonchev–Trinajstić information content (AvgIpc) is 2.02. The van der Waals surface area contributed by atoms with Gasteiger partial charge in [-0.3, -0.25) is 4.79 Å². The van der Waals surface area contributed by atoms with Crippen LogP contribution < -0.4 is 4.74 Å². The fourth-order valence-electron chi connectivity index (χ4n) is 1.28. The van der Waals surface area contributed by atoms with Gasteiger partial charge in [-0.05, 0) is 25.5 Å². The molecule has 0 amide bonds. The van der Waals surface area contributed by atoms with Crippen molar-refractivity contribution >= 4 is 5.78 Å². The predicted molar refractivity (Wildman–Crippen MR) is 47.7 cm³/mol. The molecule has 0 atom stereocenters. The number of hydrogen-bond acceptors (Lipinski definition) is 2. The van der Waals surface area contributed by atoms with E-state index in [9.17, 15) is 9.18 Å². The number of rotatable bonds is 2. The maximum atomic E-state index is 13.2. The van der Waals surface area contributed by atoms with E-state index in [1.807, 2.05) is 0 Å². The van der Waals surface area contributed by atoms with Gasteiger partial charge in [-0.1, -0.05) is 0 Å². The molecule has 0 saturated carbocycles. The third-order valence-electron chi connectivity index (χ3n) is 1.85. The monoisotopic (exact) mass is 182 g/mol. The molecule has 0 aliphatic heterocycles. The summed E-state index contributed by atoms with van der Waals surface area (Å²) in [5, 5.41) is 0. The number of halogens is 1. The normalized spacial score (nSPS) is 9.85. The number of methoxy groups -OCH3 is 1. The molecular formula is C10H11FO2. The zero-order valence-corrected chi connectivity index (χ0v) is 7.85. The number of ketones is 1. The third kappa shape index (κ3) is 1.86. The van der Waals surface area contributed by atoms with Crippen molar-refractivity contribution < 1.29 is 13.9 Å². The molecule has 0 heterocycles. The van der Waals surface area contributed by atoms with E-state index in [0.29, 0.717) is 11.3 Å². The second-order valence-corrected chi connectivity index (χ2v) is 2.86. The quantitative estimate of drug-likeness (QED) is 0.656. The van der Waals surface area contributed by atoms with E-state index in [-0.39, 0.29) is 11.3 Å². The number of aryl methyl sites for hydroxylation is 1. The molecule has 2 nitrogen and oxygen atoms in total. The Hall–Kier alpha value is -1.38.